The molecule has 0 fully saturated rings. The van der Waals surface area contributed by atoms with Gasteiger partial charge in [0, 0.05) is 11.8 Å². The maximum Gasteiger partial charge on any atom is 0.261 e. The summed E-state index contributed by atoms with van der Waals surface area (Å²) in [5.74, 6) is 0.263. The van der Waals surface area contributed by atoms with Crippen molar-refractivity contribution >= 4 is 29.0 Å². The fourth-order valence-corrected chi connectivity index (χ4v) is 4.19. The SMILES string of the molecule is Cc1ccc(Cn2nc(C)c(C(=O)Nc3c(-c4ccccc4)nc4ccccn34)c2Cl)cc1. The smallest absolute Gasteiger partial charge is 0.261 e. The first kappa shape index (κ1) is 21.0. The fourth-order valence-electron chi connectivity index (χ4n) is 3.87. The molecule has 0 saturated carbocycles. The fraction of sp³-hybridized carbons (Fsp3) is 0.115. The zero-order chi connectivity index (χ0) is 22.9. The molecule has 0 aliphatic heterocycles. The van der Waals surface area contributed by atoms with Gasteiger partial charge in [0.2, 0.25) is 0 Å². The standard InChI is InChI=1S/C26H22ClN5O/c1-17-11-13-19(14-12-17)16-32-24(27)22(18(2)30-32)26(33)29-25-23(20-8-4-3-5-9-20)28-21-10-6-7-15-31(21)25/h3-15H,16H2,1-2H3,(H,29,33). The number of pyridine rings is 1. The van der Waals surface area contributed by atoms with Crippen LogP contribution in [0.15, 0.2) is 79.0 Å². The number of carbonyl (C=O) groups excluding carboxylic acids is 1. The van der Waals surface area contributed by atoms with Crippen molar-refractivity contribution in [3.8, 4) is 11.3 Å². The number of rotatable bonds is 5. The zero-order valence-electron chi connectivity index (χ0n) is 18.3. The summed E-state index contributed by atoms with van der Waals surface area (Å²) in [5, 5.41) is 7.87. The van der Waals surface area contributed by atoms with Crippen LogP contribution in [0.3, 0.4) is 0 Å². The predicted octanol–water partition coefficient (Wildman–Crippen LogP) is 5.77. The Labute approximate surface area is 196 Å². The van der Waals surface area contributed by atoms with Crippen LogP contribution < -0.4 is 5.32 Å². The van der Waals surface area contributed by atoms with E-state index in [1.807, 2.05) is 90.3 Å². The molecule has 33 heavy (non-hydrogen) atoms. The number of nitrogens with one attached hydrogen (secondary N) is 1. The molecule has 1 N–H and O–H groups in total. The molecular formula is C26H22ClN5O. The molecule has 5 rings (SSSR count). The van der Waals surface area contributed by atoms with E-state index in [4.69, 9.17) is 16.6 Å². The maximum atomic E-state index is 13.4. The number of aryl methyl sites for hydroxylation is 2. The summed E-state index contributed by atoms with van der Waals surface area (Å²) in [7, 11) is 0. The van der Waals surface area contributed by atoms with Gasteiger partial charge < -0.3 is 5.32 Å². The van der Waals surface area contributed by atoms with Crippen LogP contribution in [0.2, 0.25) is 5.15 Å². The number of carbonyl (C=O) groups is 1. The normalized spacial score (nSPS) is 11.1. The van der Waals surface area contributed by atoms with Gasteiger partial charge in [-0.3, -0.25) is 9.20 Å². The average molecular weight is 456 g/mol. The third kappa shape index (κ3) is 4.01. The van der Waals surface area contributed by atoms with Gasteiger partial charge in [0.25, 0.3) is 5.91 Å². The zero-order valence-corrected chi connectivity index (χ0v) is 19.0. The van der Waals surface area contributed by atoms with E-state index in [1.54, 1.807) is 11.6 Å². The minimum Gasteiger partial charge on any atom is -0.306 e. The third-order valence-corrected chi connectivity index (χ3v) is 5.94. The highest BCUT2D eigenvalue weighted by Crippen LogP contribution is 2.30. The van der Waals surface area contributed by atoms with E-state index in [0.29, 0.717) is 34.5 Å². The number of hydrogen-bond acceptors (Lipinski definition) is 3. The summed E-state index contributed by atoms with van der Waals surface area (Å²) in [4.78, 5) is 18.1. The van der Waals surface area contributed by atoms with Crippen molar-refractivity contribution in [1.29, 1.82) is 0 Å². The van der Waals surface area contributed by atoms with Crippen molar-refractivity contribution in [3.63, 3.8) is 0 Å². The van der Waals surface area contributed by atoms with Gasteiger partial charge in [0.05, 0.1) is 17.8 Å². The summed E-state index contributed by atoms with van der Waals surface area (Å²) in [6.45, 7) is 4.32. The van der Waals surface area contributed by atoms with E-state index >= 15 is 0 Å². The molecular weight excluding hydrogens is 434 g/mol. The Morgan fingerprint density at radius 3 is 2.45 bits per heavy atom. The Hall–Kier alpha value is -3.90. The van der Waals surface area contributed by atoms with E-state index in [9.17, 15) is 4.79 Å². The number of amides is 1. The van der Waals surface area contributed by atoms with Crippen molar-refractivity contribution < 1.29 is 4.79 Å². The molecule has 7 heteroatoms. The van der Waals surface area contributed by atoms with E-state index in [2.05, 4.69) is 10.4 Å². The second-order valence-corrected chi connectivity index (χ2v) is 8.31. The van der Waals surface area contributed by atoms with E-state index in [-0.39, 0.29) is 5.91 Å². The second kappa shape index (κ2) is 8.56. The van der Waals surface area contributed by atoms with Crippen LogP contribution in [0.4, 0.5) is 5.82 Å². The van der Waals surface area contributed by atoms with Crippen molar-refractivity contribution in [2.45, 2.75) is 20.4 Å². The van der Waals surface area contributed by atoms with Crippen molar-refractivity contribution in [1.82, 2.24) is 19.2 Å². The molecule has 0 radical (unpaired) electrons. The second-order valence-electron chi connectivity index (χ2n) is 7.95. The highest BCUT2D eigenvalue weighted by molar-refractivity contribution is 6.33. The lowest BCUT2D eigenvalue weighted by Crippen LogP contribution is -2.15. The molecule has 0 aliphatic carbocycles. The predicted molar refractivity (Wildman–Crippen MR) is 131 cm³/mol. The van der Waals surface area contributed by atoms with Crippen molar-refractivity contribution in [2.75, 3.05) is 5.32 Å². The van der Waals surface area contributed by atoms with Gasteiger partial charge in [-0.1, -0.05) is 77.8 Å². The van der Waals surface area contributed by atoms with Crippen LogP contribution in [-0.2, 0) is 6.54 Å². The largest absolute Gasteiger partial charge is 0.306 e. The highest BCUT2D eigenvalue weighted by atomic mass is 35.5. The van der Waals surface area contributed by atoms with Crippen molar-refractivity contribution in [3.05, 3.63) is 107 Å². The molecule has 1 amide bonds. The number of fused-ring (bicyclic) bond motifs is 1. The number of imidazole rings is 1. The molecule has 0 unspecified atom stereocenters. The van der Waals surface area contributed by atoms with E-state index in [0.717, 1.165) is 16.8 Å². The van der Waals surface area contributed by atoms with Crippen LogP contribution in [-0.4, -0.2) is 25.1 Å². The van der Waals surface area contributed by atoms with Gasteiger partial charge in [-0.15, -0.1) is 0 Å². The monoisotopic (exact) mass is 455 g/mol. The Balaban J connectivity index is 1.51. The summed E-state index contributed by atoms with van der Waals surface area (Å²) >= 11 is 6.64. The Morgan fingerprint density at radius 1 is 0.970 bits per heavy atom. The molecule has 6 nitrogen and oxygen atoms in total. The van der Waals surface area contributed by atoms with Gasteiger partial charge in [-0.05, 0) is 31.5 Å². The first-order valence-electron chi connectivity index (χ1n) is 10.6. The first-order valence-corrected chi connectivity index (χ1v) is 11.0. The molecule has 0 bridgehead atoms. The van der Waals surface area contributed by atoms with Gasteiger partial charge in [-0.2, -0.15) is 5.10 Å². The number of aromatic nitrogens is 4. The van der Waals surface area contributed by atoms with E-state index in [1.165, 1.54) is 5.56 Å². The minimum absolute atomic E-state index is 0.306. The van der Waals surface area contributed by atoms with Gasteiger partial charge in [0.1, 0.15) is 22.3 Å². The Kier molecular flexibility index (Phi) is 5.44. The topological polar surface area (TPSA) is 64.2 Å². The molecule has 5 aromatic rings. The van der Waals surface area contributed by atoms with Crippen LogP contribution in [0.5, 0.6) is 0 Å². The summed E-state index contributed by atoms with van der Waals surface area (Å²) < 4.78 is 3.52. The molecule has 0 atom stereocenters. The number of halogens is 1. The summed E-state index contributed by atoms with van der Waals surface area (Å²) in [5.41, 5.74) is 5.51. The summed E-state index contributed by atoms with van der Waals surface area (Å²) in [6.07, 6.45) is 1.87. The average Bonchev–Trinajstić information content (AvgIpc) is 3.32. The van der Waals surface area contributed by atoms with Crippen molar-refractivity contribution in [2.24, 2.45) is 0 Å². The molecule has 3 aromatic heterocycles. The van der Waals surface area contributed by atoms with Crippen LogP contribution >= 0.6 is 11.6 Å². The first-order chi connectivity index (χ1) is 16.0. The van der Waals surface area contributed by atoms with Gasteiger partial charge in [-0.25, -0.2) is 9.67 Å². The molecule has 2 aromatic carbocycles. The lowest BCUT2D eigenvalue weighted by molar-refractivity contribution is 0.102. The molecule has 3 heterocycles. The molecule has 0 aliphatic rings. The van der Waals surface area contributed by atoms with Crippen LogP contribution in [0.25, 0.3) is 16.9 Å². The molecule has 0 saturated heterocycles. The van der Waals surface area contributed by atoms with Crippen LogP contribution in [0, 0.1) is 13.8 Å². The van der Waals surface area contributed by atoms with Gasteiger partial charge >= 0.3 is 0 Å². The maximum absolute atomic E-state index is 13.4. The lowest BCUT2D eigenvalue weighted by Gasteiger charge is -2.08. The Bertz CT molecular complexity index is 1450. The number of anilines is 1. The van der Waals surface area contributed by atoms with Crippen LogP contribution in [0.1, 0.15) is 27.2 Å². The highest BCUT2D eigenvalue weighted by Gasteiger charge is 2.23. The molecule has 0 spiro atoms. The van der Waals surface area contributed by atoms with Gasteiger partial charge in [0.15, 0.2) is 0 Å². The number of nitrogens with zero attached hydrogens (tertiary/aromatic N) is 4. The quantitative estimate of drug-likeness (QED) is 0.366. The number of hydrogen-bond donors (Lipinski definition) is 1. The molecule has 164 valence electrons. The Morgan fingerprint density at radius 2 is 1.70 bits per heavy atom. The summed E-state index contributed by atoms with van der Waals surface area (Å²) in [6, 6.07) is 23.7. The number of benzene rings is 2. The lowest BCUT2D eigenvalue weighted by atomic mass is 10.1. The van der Waals surface area contributed by atoms with E-state index < -0.39 is 0 Å². The third-order valence-electron chi connectivity index (χ3n) is 5.55. The minimum atomic E-state index is -0.324.